The van der Waals surface area contributed by atoms with Crippen LogP contribution >= 0.6 is 0 Å². The highest BCUT2D eigenvalue weighted by Gasteiger charge is 2.21. The van der Waals surface area contributed by atoms with Crippen molar-refractivity contribution in [2.45, 2.75) is 0 Å². The van der Waals surface area contributed by atoms with Crippen LogP contribution in [0.15, 0.2) is 30.5 Å². The van der Waals surface area contributed by atoms with E-state index in [0.29, 0.717) is 0 Å². The zero-order valence-corrected chi connectivity index (χ0v) is 10.1. The molecule has 0 amide bonds. The zero-order valence-electron chi connectivity index (χ0n) is 10.1. The highest BCUT2D eigenvalue weighted by Crippen LogP contribution is 2.26. The molecule has 106 valence electrons. The van der Waals surface area contributed by atoms with Gasteiger partial charge in [-0.3, -0.25) is 10.1 Å². The molecule has 0 unspecified atom stereocenters. The molecule has 6 nitrogen and oxygen atoms in total. The number of fused-ring (bicyclic) bond motifs is 1. The van der Waals surface area contributed by atoms with Crippen molar-refractivity contribution in [1.82, 2.24) is 14.6 Å². The number of aromatic nitrogens is 3. The number of rotatable bonds is 2. The van der Waals surface area contributed by atoms with Gasteiger partial charge in [0.15, 0.2) is 23.3 Å². The lowest BCUT2D eigenvalue weighted by molar-refractivity contribution is -0.383. The molecule has 0 aliphatic carbocycles. The molecule has 9 heteroatoms. The lowest BCUT2D eigenvalue weighted by atomic mass is 10.2. The quantitative estimate of drug-likeness (QED) is 0.414. The van der Waals surface area contributed by atoms with Crippen molar-refractivity contribution in [3.05, 3.63) is 58.0 Å². The number of nitro groups is 1. The van der Waals surface area contributed by atoms with E-state index in [-0.39, 0.29) is 22.7 Å². The second kappa shape index (κ2) is 4.54. The van der Waals surface area contributed by atoms with Crippen LogP contribution < -0.4 is 0 Å². The Morgan fingerprint density at radius 3 is 2.62 bits per heavy atom. The monoisotopic (exact) mass is 294 g/mol. The maximum absolute atomic E-state index is 13.7. The summed E-state index contributed by atoms with van der Waals surface area (Å²) in [6.45, 7) is 0. The normalized spacial score (nSPS) is 11.0. The van der Waals surface area contributed by atoms with E-state index in [0.717, 1.165) is 16.6 Å². The summed E-state index contributed by atoms with van der Waals surface area (Å²) in [5, 5.41) is 14.7. The van der Waals surface area contributed by atoms with Crippen LogP contribution in [0.25, 0.3) is 17.0 Å². The smallest absolute Gasteiger partial charge is 0.258 e. The van der Waals surface area contributed by atoms with Crippen molar-refractivity contribution in [2.24, 2.45) is 0 Å². The minimum atomic E-state index is -1.65. The summed E-state index contributed by atoms with van der Waals surface area (Å²) in [5.41, 5.74) is -0.840. The van der Waals surface area contributed by atoms with Gasteiger partial charge < -0.3 is 0 Å². The molecule has 3 aromatic rings. The molecule has 0 fully saturated rings. The minimum Gasteiger partial charge on any atom is -0.258 e. The number of pyridine rings is 1. The van der Waals surface area contributed by atoms with Crippen LogP contribution in [0.5, 0.6) is 0 Å². The summed E-state index contributed by atoms with van der Waals surface area (Å²) in [7, 11) is 0. The first-order valence-corrected chi connectivity index (χ1v) is 5.62. The topological polar surface area (TPSA) is 73.3 Å². The van der Waals surface area contributed by atoms with Crippen molar-refractivity contribution >= 4 is 11.3 Å². The van der Waals surface area contributed by atoms with Crippen molar-refractivity contribution in [2.75, 3.05) is 0 Å². The molecule has 0 spiro atoms. The highest BCUT2D eigenvalue weighted by atomic mass is 19.2. The van der Waals surface area contributed by atoms with E-state index in [1.54, 1.807) is 0 Å². The van der Waals surface area contributed by atoms with Gasteiger partial charge in [-0.1, -0.05) is 0 Å². The SMILES string of the molecule is O=[N+]([O-])c1cccn2nc(-c3ccc(F)c(F)c3F)nc12. The molecule has 0 saturated carbocycles. The van der Waals surface area contributed by atoms with Crippen molar-refractivity contribution in [3.63, 3.8) is 0 Å². The average Bonchev–Trinajstić information content (AvgIpc) is 2.88. The fourth-order valence-electron chi connectivity index (χ4n) is 1.85. The zero-order chi connectivity index (χ0) is 15.1. The molecule has 0 aliphatic rings. The van der Waals surface area contributed by atoms with Crippen molar-refractivity contribution < 1.29 is 18.1 Å². The van der Waals surface area contributed by atoms with Crippen molar-refractivity contribution in [1.29, 1.82) is 0 Å². The Balaban J connectivity index is 2.25. The van der Waals surface area contributed by atoms with E-state index < -0.39 is 22.4 Å². The van der Waals surface area contributed by atoms with Crippen LogP contribution in [0.2, 0.25) is 0 Å². The summed E-state index contributed by atoms with van der Waals surface area (Å²) >= 11 is 0. The highest BCUT2D eigenvalue weighted by molar-refractivity contribution is 5.65. The Morgan fingerprint density at radius 2 is 1.90 bits per heavy atom. The third kappa shape index (κ3) is 1.98. The largest absolute Gasteiger partial charge is 0.313 e. The maximum atomic E-state index is 13.7. The molecule has 2 heterocycles. The van der Waals surface area contributed by atoms with Gasteiger partial charge in [0, 0.05) is 12.3 Å². The molecule has 0 atom stereocenters. The van der Waals surface area contributed by atoms with E-state index in [2.05, 4.69) is 10.1 Å². The molecule has 0 aliphatic heterocycles. The number of benzene rings is 1. The van der Waals surface area contributed by atoms with Crippen LogP contribution in [-0.4, -0.2) is 19.5 Å². The van der Waals surface area contributed by atoms with Gasteiger partial charge in [0.25, 0.3) is 0 Å². The van der Waals surface area contributed by atoms with Gasteiger partial charge in [-0.05, 0) is 18.2 Å². The first kappa shape index (κ1) is 13.0. The Labute approximate surface area is 114 Å². The number of hydrogen-bond acceptors (Lipinski definition) is 4. The van der Waals surface area contributed by atoms with Gasteiger partial charge in [-0.25, -0.2) is 22.7 Å². The van der Waals surface area contributed by atoms with E-state index in [4.69, 9.17) is 0 Å². The van der Waals surface area contributed by atoms with Crippen LogP contribution in [0.1, 0.15) is 0 Å². The number of halogens is 3. The van der Waals surface area contributed by atoms with Crippen molar-refractivity contribution in [3.8, 4) is 11.4 Å². The van der Waals surface area contributed by atoms with Crippen LogP contribution in [0.3, 0.4) is 0 Å². The Kier molecular flexibility index (Phi) is 2.82. The van der Waals surface area contributed by atoms with Gasteiger partial charge in [0.1, 0.15) is 0 Å². The molecule has 0 radical (unpaired) electrons. The summed E-state index contributed by atoms with van der Waals surface area (Å²) in [4.78, 5) is 14.0. The molecule has 2 aromatic heterocycles. The van der Waals surface area contributed by atoms with Crippen LogP contribution in [0.4, 0.5) is 18.9 Å². The molecule has 0 bridgehead atoms. The molecule has 3 rings (SSSR count). The Bertz CT molecular complexity index is 878. The summed E-state index contributed by atoms with van der Waals surface area (Å²) in [6.07, 6.45) is 1.37. The standard InChI is InChI=1S/C12H5F3N4O2/c13-7-4-3-6(9(14)10(7)15)11-16-12-8(19(20)21)2-1-5-18(12)17-11/h1-5H. The Morgan fingerprint density at radius 1 is 1.14 bits per heavy atom. The minimum absolute atomic E-state index is 0.123. The molecular formula is C12H5F3N4O2. The number of hydrogen-bond donors (Lipinski definition) is 0. The summed E-state index contributed by atoms with van der Waals surface area (Å²) in [5.74, 6) is -4.72. The maximum Gasteiger partial charge on any atom is 0.313 e. The van der Waals surface area contributed by atoms with E-state index in [1.165, 1.54) is 18.3 Å². The van der Waals surface area contributed by atoms with Crippen LogP contribution in [-0.2, 0) is 0 Å². The van der Waals surface area contributed by atoms with E-state index in [1.807, 2.05) is 0 Å². The molecular weight excluding hydrogens is 289 g/mol. The summed E-state index contributed by atoms with van der Waals surface area (Å²) < 4.78 is 40.9. The second-order valence-corrected chi connectivity index (χ2v) is 4.08. The Hall–Kier alpha value is -2.97. The molecule has 0 saturated heterocycles. The molecule has 0 N–H and O–H groups in total. The first-order valence-electron chi connectivity index (χ1n) is 5.62. The predicted molar refractivity (Wildman–Crippen MR) is 65.0 cm³/mol. The van der Waals surface area contributed by atoms with Gasteiger partial charge in [0.2, 0.25) is 5.65 Å². The third-order valence-corrected chi connectivity index (χ3v) is 2.81. The number of nitrogens with zero attached hydrogens (tertiary/aromatic N) is 4. The predicted octanol–water partition coefficient (Wildman–Crippen LogP) is 2.72. The average molecular weight is 294 g/mol. The van der Waals surface area contributed by atoms with Gasteiger partial charge >= 0.3 is 5.69 Å². The summed E-state index contributed by atoms with van der Waals surface area (Å²) in [6, 6.07) is 4.27. The lowest BCUT2D eigenvalue weighted by Crippen LogP contribution is -1.95. The third-order valence-electron chi connectivity index (χ3n) is 2.81. The van der Waals surface area contributed by atoms with Gasteiger partial charge in [0.05, 0.1) is 10.5 Å². The molecule has 21 heavy (non-hydrogen) atoms. The second-order valence-electron chi connectivity index (χ2n) is 4.08. The van der Waals surface area contributed by atoms with Crippen LogP contribution in [0, 0.1) is 27.6 Å². The molecule has 1 aromatic carbocycles. The lowest BCUT2D eigenvalue weighted by Gasteiger charge is -1.99. The van der Waals surface area contributed by atoms with E-state index >= 15 is 0 Å². The van der Waals surface area contributed by atoms with Gasteiger partial charge in [-0.2, -0.15) is 0 Å². The van der Waals surface area contributed by atoms with Gasteiger partial charge in [-0.15, -0.1) is 5.10 Å². The van der Waals surface area contributed by atoms with E-state index in [9.17, 15) is 23.3 Å². The fourth-order valence-corrected chi connectivity index (χ4v) is 1.85. The fraction of sp³-hybridized carbons (Fsp3) is 0. The first-order chi connectivity index (χ1) is 9.99.